The summed E-state index contributed by atoms with van der Waals surface area (Å²) in [5.74, 6) is 0.837. The van der Waals surface area contributed by atoms with Crippen LogP contribution < -0.4 is 10.1 Å². The molecule has 1 aromatic rings. The highest BCUT2D eigenvalue weighted by atomic mass is 16.5. The lowest BCUT2D eigenvalue weighted by atomic mass is 10.1. The lowest BCUT2D eigenvalue weighted by Crippen LogP contribution is -2.35. The van der Waals surface area contributed by atoms with Crippen LogP contribution in [0.5, 0.6) is 5.75 Å². The van der Waals surface area contributed by atoms with E-state index in [1.165, 1.54) is 0 Å². The Labute approximate surface area is 85.3 Å². The van der Waals surface area contributed by atoms with Crippen LogP contribution in [0.4, 0.5) is 0 Å². The minimum absolute atomic E-state index is 0.106. The summed E-state index contributed by atoms with van der Waals surface area (Å²) in [5, 5.41) is 7.54. The highest BCUT2D eigenvalue weighted by Gasteiger charge is 2.13. The predicted molar refractivity (Wildman–Crippen MR) is 56.4 cm³/mol. The molecule has 1 heterocycles. The third-order valence-corrected chi connectivity index (χ3v) is 2.03. The summed E-state index contributed by atoms with van der Waals surface area (Å²) >= 11 is 0. The molecule has 4 heteroatoms. The van der Waals surface area contributed by atoms with Crippen LogP contribution in [0, 0.1) is 0 Å². The summed E-state index contributed by atoms with van der Waals surface area (Å²) in [7, 11) is 3.58. The SMILES string of the molecule is COc1cnn(C)c1CNC(C)(C)C. The summed E-state index contributed by atoms with van der Waals surface area (Å²) in [6, 6.07) is 0. The number of rotatable bonds is 3. The van der Waals surface area contributed by atoms with Gasteiger partial charge < -0.3 is 10.1 Å². The molecule has 0 bridgehead atoms. The van der Waals surface area contributed by atoms with Crippen molar-refractivity contribution in [1.29, 1.82) is 0 Å². The topological polar surface area (TPSA) is 39.1 Å². The van der Waals surface area contributed by atoms with Gasteiger partial charge in [-0.25, -0.2) is 0 Å². The van der Waals surface area contributed by atoms with Crippen molar-refractivity contribution in [3.8, 4) is 5.75 Å². The zero-order chi connectivity index (χ0) is 10.8. The summed E-state index contributed by atoms with van der Waals surface area (Å²) in [6.45, 7) is 7.17. The number of hydrogen-bond acceptors (Lipinski definition) is 3. The second-order valence-corrected chi connectivity index (χ2v) is 4.39. The van der Waals surface area contributed by atoms with Crippen LogP contribution in [0.15, 0.2) is 6.20 Å². The standard InChI is InChI=1S/C10H19N3O/c1-10(2,3)11-6-8-9(14-5)7-12-13(8)4/h7,11H,6H2,1-5H3. The quantitative estimate of drug-likeness (QED) is 0.794. The molecule has 0 saturated carbocycles. The molecule has 0 aliphatic carbocycles. The van der Waals surface area contributed by atoms with Crippen molar-refractivity contribution in [1.82, 2.24) is 15.1 Å². The van der Waals surface area contributed by atoms with Gasteiger partial charge in [0.2, 0.25) is 0 Å². The van der Waals surface area contributed by atoms with Gasteiger partial charge in [0.15, 0.2) is 5.75 Å². The molecular formula is C10H19N3O. The molecule has 14 heavy (non-hydrogen) atoms. The Kier molecular flexibility index (Phi) is 3.16. The minimum atomic E-state index is 0.106. The molecule has 0 aliphatic heterocycles. The summed E-state index contributed by atoms with van der Waals surface area (Å²) in [6.07, 6.45) is 1.74. The molecule has 0 atom stereocenters. The molecule has 0 amide bonds. The minimum Gasteiger partial charge on any atom is -0.493 e. The molecular weight excluding hydrogens is 178 g/mol. The number of ether oxygens (including phenoxy) is 1. The summed E-state index contributed by atoms with van der Waals surface area (Å²) in [4.78, 5) is 0. The molecule has 0 fully saturated rings. The smallest absolute Gasteiger partial charge is 0.161 e. The van der Waals surface area contributed by atoms with Gasteiger partial charge in [-0.05, 0) is 20.8 Å². The Morgan fingerprint density at radius 2 is 2.14 bits per heavy atom. The Bertz CT molecular complexity index is 299. The van der Waals surface area contributed by atoms with Gasteiger partial charge >= 0.3 is 0 Å². The van der Waals surface area contributed by atoms with Crippen molar-refractivity contribution in [2.45, 2.75) is 32.9 Å². The molecule has 0 spiro atoms. The maximum absolute atomic E-state index is 5.21. The first-order valence-corrected chi connectivity index (χ1v) is 4.74. The van der Waals surface area contributed by atoms with Crippen molar-refractivity contribution < 1.29 is 4.74 Å². The molecule has 1 rings (SSSR count). The average molecular weight is 197 g/mol. The van der Waals surface area contributed by atoms with Crippen LogP contribution in [-0.2, 0) is 13.6 Å². The third-order valence-electron chi connectivity index (χ3n) is 2.03. The van der Waals surface area contributed by atoms with Crippen LogP contribution in [0.1, 0.15) is 26.5 Å². The Balaban J connectivity index is 2.70. The van der Waals surface area contributed by atoms with Gasteiger partial charge in [-0.1, -0.05) is 0 Å². The molecule has 0 radical (unpaired) electrons. The first-order chi connectivity index (χ1) is 6.44. The van der Waals surface area contributed by atoms with Gasteiger partial charge in [-0.15, -0.1) is 0 Å². The van der Waals surface area contributed by atoms with Crippen LogP contribution in [0.25, 0.3) is 0 Å². The van der Waals surface area contributed by atoms with E-state index in [0.29, 0.717) is 0 Å². The number of nitrogens with one attached hydrogen (secondary N) is 1. The van der Waals surface area contributed by atoms with E-state index in [1.807, 2.05) is 11.7 Å². The van der Waals surface area contributed by atoms with Crippen LogP contribution in [-0.4, -0.2) is 22.4 Å². The first kappa shape index (κ1) is 11.0. The highest BCUT2D eigenvalue weighted by Crippen LogP contribution is 2.16. The van der Waals surface area contributed by atoms with Crippen molar-refractivity contribution in [2.75, 3.05) is 7.11 Å². The van der Waals surface area contributed by atoms with E-state index in [4.69, 9.17) is 4.74 Å². The van der Waals surface area contributed by atoms with Gasteiger partial charge in [0.1, 0.15) is 0 Å². The van der Waals surface area contributed by atoms with E-state index in [1.54, 1.807) is 13.3 Å². The van der Waals surface area contributed by atoms with Crippen LogP contribution >= 0.6 is 0 Å². The maximum Gasteiger partial charge on any atom is 0.161 e. The fourth-order valence-corrected chi connectivity index (χ4v) is 1.16. The Hall–Kier alpha value is -1.03. The largest absolute Gasteiger partial charge is 0.493 e. The zero-order valence-electron chi connectivity index (χ0n) is 9.59. The van der Waals surface area contributed by atoms with Gasteiger partial charge in [0.05, 0.1) is 19.0 Å². The second-order valence-electron chi connectivity index (χ2n) is 4.39. The molecule has 4 nitrogen and oxygen atoms in total. The van der Waals surface area contributed by atoms with E-state index >= 15 is 0 Å². The van der Waals surface area contributed by atoms with Gasteiger partial charge in [0.25, 0.3) is 0 Å². The lowest BCUT2D eigenvalue weighted by molar-refractivity contribution is 0.386. The number of aromatic nitrogens is 2. The number of methoxy groups -OCH3 is 1. The van der Waals surface area contributed by atoms with Crippen molar-refractivity contribution in [3.63, 3.8) is 0 Å². The zero-order valence-corrected chi connectivity index (χ0v) is 9.59. The average Bonchev–Trinajstić information content (AvgIpc) is 2.41. The Morgan fingerprint density at radius 1 is 1.50 bits per heavy atom. The predicted octanol–water partition coefficient (Wildman–Crippen LogP) is 1.32. The molecule has 0 aromatic carbocycles. The van der Waals surface area contributed by atoms with E-state index in [2.05, 4.69) is 31.2 Å². The fraction of sp³-hybridized carbons (Fsp3) is 0.700. The van der Waals surface area contributed by atoms with E-state index in [-0.39, 0.29) is 5.54 Å². The number of hydrogen-bond donors (Lipinski definition) is 1. The monoisotopic (exact) mass is 197 g/mol. The normalized spacial score (nSPS) is 11.8. The van der Waals surface area contributed by atoms with Gasteiger partial charge in [-0.3, -0.25) is 4.68 Å². The van der Waals surface area contributed by atoms with Crippen LogP contribution in [0.3, 0.4) is 0 Å². The number of aryl methyl sites for hydroxylation is 1. The van der Waals surface area contributed by atoms with E-state index in [0.717, 1.165) is 18.0 Å². The summed E-state index contributed by atoms with van der Waals surface area (Å²) < 4.78 is 7.04. The molecule has 1 aromatic heterocycles. The molecule has 1 N–H and O–H groups in total. The van der Waals surface area contributed by atoms with Crippen LogP contribution in [0.2, 0.25) is 0 Å². The van der Waals surface area contributed by atoms with E-state index in [9.17, 15) is 0 Å². The van der Waals surface area contributed by atoms with Crippen molar-refractivity contribution in [3.05, 3.63) is 11.9 Å². The molecule has 80 valence electrons. The van der Waals surface area contributed by atoms with Crippen molar-refractivity contribution in [2.24, 2.45) is 7.05 Å². The maximum atomic E-state index is 5.21. The molecule has 0 unspecified atom stereocenters. The third kappa shape index (κ3) is 2.73. The first-order valence-electron chi connectivity index (χ1n) is 4.74. The number of nitrogens with zero attached hydrogens (tertiary/aromatic N) is 2. The highest BCUT2D eigenvalue weighted by molar-refractivity contribution is 5.24. The van der Waals surface area contributed by atoms with E-state index < -0.39 is 0 Å². The summed E-state index contributed by atoms with van der Waals surface area (Å²) in [5.41, 5.74) is 1.18. The second kappa shape index (κ2) is 4.00. The lowest BCUT2D eigenvalue weighted by Gasteiger charge is -2.20. The van der Waals surface area contributed by atoms with Crippen molar-refractivity contribution >= 4 is 0 Å². The molecule has 0 aliphatic rings. The Morgan fingerprint density at radius 3 is 2.64 bits per heavy atom. The van der Waals surface area contributed by atoms with Gasteiger partial charge in [-0.2, -0.15) is 5.10 Å². The molecule has 0 saturated heterocycles. The fourth-order valence-electron chi connectivity index (χ4n) is 1.16. The van der Waals surface area contributed by atoms with Gasteiger partial charge in [0, 0.05) is 19.1 Å².